The van der Waals surface area contributed by atoms with Crippen LogP contribution in [-0.2, 0) is 9.59 Å². The lowest BCUT2D eigenvalue weighted by molar-refractivity contribution is -0.449. The summed E-state index contributed by atoms with van der Waals surface area (Å²) in [5.74, 6) is -52.7. The average molecular weight is 499 g/mol. The summed E-state index contributed by atoms with van der Waals surface area (Å²) in [6, 6.07) is 0. The normalized spacial score (nSPS) is 14.5. The van der Waals surface area contributed by atoms with E-state index in [1.165, 1.54) is 6.92 Å². The summed E-state index contributed by atoms with van der Waals surface area (Å²) in [5, 5.41) is 7.89. The third-order valence-electron chi connectivity index (χ3n) is 3.00. The number of hydrogen-bond donors (Lipinski definition) is 2. The molecule has 0 aromatic carbocycles. The number of aliphatic carboxylic acids is 1. The first-order valence-corrected chi connectivity index (χ1v) is 6.61. The second-order valence-corrected chi connectivity index (χ2v) is 5.39. The Balaban J connectivity index is 0. The number of alkyl halides is 15. The van der Waals surface area contributed by atoms with Crippen LogP contribution in [0, 0.1) is 0 Å². The van der Waals surface area contributed by atoms with Gasteiger partial charge in [-0.25, -0.2) is 4.79 Å². The summed E-state index contributed by atoms with van der Waals surface area (Å²) in [5.41, 5.74) is 3.67. The summed E-state index contributed by atoms with van der Waals surface area (Å²) >= 11 is 0. The fourth-order valence-corrected chi connectivity index (χ4v) is 1.12. The third kappa shape index (κ3) is 4.78. The van der Waals surface area contributed by atoms with Gasteiger partial charge in [0.2, 0.25) is 0 Å². The average Bonchev–Trinajstić information content (AvgIpc) is 2.52. The minimum absolute atomic E-state index is 0.176. The molecule has 0 aromatic heterocycles. The molecule has 31 heavy (non-hydrogen) atoms. The predicted molar refractivity (Wildman–Crippen MR) is 67.4 cm³/mol. The molecule has 0 radical (unpaired) electrons. The number of hydrogen-bond acceptors (Lipinski definition) is 2. The van der Waals surface area contributed by atoms with E-state index >= 15 is 0 Å². The molecule has 0 aliphatic heterocycles. The molecule has 0 heterocycles. The van der Waals surface area contributed by atoms with Gasteiger partial charge in [-0.15, -0.1) is 0 Å². The van der Waals surface area contributed by atoms with E-state index < -0.39 is 53.6 Å². The molecule has 0 rings (SSSR count). The van der Waals surface area contributed by atoms with Crippen LogP contribution in [0.4, 0.5) is 65.9 Å². The Labute approximate surface area is 160 Å². The number of amides is 1. The lowest BCUT2D eigenvalue weighted by atomic mass is 9.91. The first kappa shape index (κ1) is 30.8. The fourth-order valence-electron chi connectivity index (χ4n) is 1.12. The predicted octanol–water partition coefficient (Wildman–Crippen LogP) is 4.49. The molecule has 3 N–H and O–H groups in total. The van der Waals surface area contributed by atoms with Gasteiger partial charge in [-0.2, -0.15) is 65.9 Å². The van der Waals surface area contributed by atoms with E-state index in [2.05, 4.69) is 12.3 Å². The second kappa shape index (κ2) is 8.29. The van der Waals surface area contributed by atoms with Gasteiger partial charge in [0.15, 0.2) is 0 Å². The van der Waals surface area contributed by atoms with Crippen molar-refractivity contribution in [2.75, 3.05) is 0 Å². The van der Waals surface area contributed by atoms with Crippen molar-refractivity contribution in [1.82, 2.24) is 0 Å². The van der Waals surface area contributed by atoms with Crippen LogP contribution in [-0.4, -0.2) is 58.7 Å². The molecule has 19 heteroatoms. The Morgan fingerprint density at radius 3 is 1.06 bits per heavy atom. The van der Waals surface area contributed by atoms with Gasteiger partial charge in [-0.05, 0) is 6.92 Å². The highest BCUT2D eigenvalue weighted by Gasteiger charge is 2.93. The lowest BCUT2D eigenvalue weighted by Crippen LogP contribution is -2.73. The third-order valence-corrected chi connectivity index (χ3v) is 3.00. The number of carbonyl (C=O) groups is 2. The summed E-state index contributed by atoms with van der Waals surface area (Å²) < 4.78 is 187. The Kier molecular flexibility index (Phi) is 8.24. The molecule has 0 aromatic rings. The van der Waals surface area contributed by atoms with Crippen LogP contribution in [0.25, 0.3) is 0 Å². The van der Waals surface area contributed by atoms with Crippen molar-refractivity contribution in [3.63, 3.8) is 0 Å². The van der Waals surface area contributed by atoms with Crippen molar-refractivity contribution in [3.8, 4) is 0 Å². The van der Waals surface area contributed by atoms with Gasteiger partial charge in [0.05, 0.1) is 0 Å². The number of carboxylic acids is 1. The van der Waals surface area contributed by atoms with E-state index in [1.807, 2.05) is 0 Å². The maximum absolute atomic E-state index is 12.9. The monoisotopic (exact) mass is 499 g/mol. The highest BCUT2D eigenvalue weighted by molar-refractivity contribution is 5.84. The van der Waals surface area contributed by atoms with Gasteiger partial charge in [-0.1, -0.05) is 6.58 Å². The molecule has 0 fully saturated rings. The molecular weight excluding hydrogens is 491 g/mol. The van der Waals surface area contributed by atoms with Crippen molar-refractivity contribution < 1.29 is 80.6 Å². The zero-order valence-electron chi connectivity index (χ0n) is 14.2. The summed E-state index contributed by atoms with van der Waals surface area (Å²) in [7, 11) is 0. The van der Waals surface area contributed by atoms with Crippen molar-refractivity contribution in [3.05, 3.63) is 12.2 Å². The molecule has 0 saturated heterocycles. The summed E-state index contributed by atoms with van der Waals surface area (Å²) in [6.07, 6.45) is -7.67. The van der Waals surface area contributed by atoms with Crippen LogP contribution < -0.4 is 5.73 Å². The quantitative estimate of drug-likeness (QED) is 0.400. The molecule has 0 saturated carbocycles. The molecular formula is C12H8F15NO3. The maximum Gasteiger partial charge on any atom is 0.460 e. The zero-order valence-corrected chi connectivity index (χ0v) is 14.2. The van der Waals surface area contributed by atoms with Gasteiger partial charge in [0.25, 0.3) is 5.91 Å². The van der Waals surface area contributed by atoms with Crippen LogP contribution in [0.5, 0.6) is 0 Å². The van der Waals surface area contributed by atoms with Crippen LogP contribution in [0.15, 0.2) is 12.2 Å². The van der Waals surface area contributed by atoms with Crippen LogP contribution in [0.1, 0.15) is 6.92 Å². The number of rotatable bonds is 7. The maximum atomic E-state index is 12.9. The molecule has 0 atom stereocenters. The molecule has 0 unspecified atom stereocenters. The molecule has 1 amide bonds. The van der Waals surface area contributed by atoms with Crippen molar-refractivity contribution in [2.24, 2.45) is 5.73 Å². The topological polar surface area (TPSA) is 80.4 Å². The Morgan fingerprint density at radius 2 is 0.871 bits per heavy atom. The fraction of sp³-hybridized carbons (Fsp3) is 0.667. The van der Waals surface area contributed by atoms with Gasteiger partial charge in [-0.3, -0.25) is 4.79 Å². The first-order valence-electron chi connectivity index (χ1n) is 6.61. The molecule has 0 aliphatic rings. The van der Waals surface area contributed by atoms with E-state index in [9.17, 15) is 75.4 Å². The SMILES string of the molecule is C=C(C)C(=O)O.NC(=O)C(F)(F)C(F)(F)C(F)(F)C(F)(F)C(F)(F)C(F)(F)C(F)(F)F. The van der Waals surface area contributed by atoms with Crippen LogP contribution in [0.2, 0.25) is 0 Å². The molecule has 4 nitrogen and oxygen atoms in total. The zero-order chi connectivity index (χ0) is 26.2. The van der Waals surface area contributed by atoms with Gasteiger partial charge in [0.1, 0.15) is 0 Å². The minimum Gasteiger partial charge on any atom is -0.478 e. The summed E-state index contributed by atoms with van der Waals surface area (Å²) in [4.78, 5) is 19.5. The van der Waals surface area contributed by atoms with Crippen molar-refractivity contribution >= 4 is 11.9 Å². The van der Waals surface area contributed by atoms with E-state index in [1.54, 1.807) is 0 Å². The van der Waals surface area contributed by atoms with E-state index in [0.717, 1.165) is 0 Å². The number of carbonyl (C=O) groups excluding carboxylic acids is 1. The number of primary amides is 1. The van der Waals surface area contributed by atoms with Crippen molar-refractivity contribution in [1.29, 1.82) is 0 Å². The van der Waals surface area contributed by atoms with E-state index in [4.69, 9.17) is 5.11 Å². The minimum atomic E-state index is -8.42. The number of carboxylic acid groups (broad SMARTS) is 1. The number of nitrogens with two attached hydrogens (primary N) is 1. The van der Waals surface area contributed by atoms with E-state index in [0.29, 0.717) is 0 Å². The smallest absolute Gasteiger partial charge is 0.460 e. The van der Waals surface area contributed by atoms with E-state index in [-0.39, 0.29) is 5.57 Å². The molecule has 0 bridgehead atoms. The van der Waals surface area contributed by atoms with Crippen LogP contribution in [0.3, 0.4) is 0 Å². The number of halogens is 15. The first-order chi connectivity index (χ1) is 13.1. The summed E-state index contributed by atoms with van der Waals surface area (Å²) in [6.45, 7) is 4.60. The van der Waals surface area contributed by atoms with Gasteiger partial charge < -0.3 is 10.8 Å². The van der Waals surface area contributed by atoms with Gasteiger partial charge >= 0.3 is 47.7 Å². The second-order valence-electron chi connectivity index (χ2n) is 5.39. The standard InChI is InChI=1S/C8H2F15NO.C4H6O2/c9-2(10,1(24)25)3(11,12)4(13,14)5(15,16)6(17,18)7(19,20)8(21,22)23;1-3(2)4(5)6/h(H2,24,25);1H2,2H3,(H,5,6). The van der Waals surface area contributed by atoms with Gasteiger partial charge in [0, 0.05) is 5.57 Å². The Hall–Kier alpha value is -2.37. The highest BCUT2D eigenvalue weighted by Crippen LogP contribution is 2.62. The van der Waals surface area contributed by atoms with Crippen LogP contribution >= 0.6 is 0 Å². The molecule has 0 aliphatic carbocycles. The molecule has 0 spiro atoms. The largest absolute Gasteiger partial charge is 0.478 e. The highest BCUT2D eigenvalue weighted by atomic mass is 19.4. The Bertz CT molecular complexity index is 699. The van der Waals surface area contributed by atoms with Crippen molar-refractivity contribution in [2.45, 2.75) is 48.6 Å². The molecule has 184 valence electrons. The Morgan fingerprint density at radius 1 is 0.645 bits per heavy atom. The lowest BCUT2D eigenvalue weighted by Gasteiger charge is -2.40.